The van der Waals surface area contributed by atoms with E-state index in [0.29, 0.717) is 11.6 Å². The van der Waals surface area contributed by atoms with Crippen LogP contribution in [-0.2, 0) is 9.53 Å². The van der Waals surface area contributed by atoms with E-state index >= 15 is 0 Å². The van der Waals surface area contributed by atoms with Crippen molar-refractivity contribution in [3.8, 4) is 0 Å². The molecule has 6 heteroatoms. The molecule has 0 saturated carbocycles. The molecule has 2 amide bonds. The molecule has 1 aromatic rings. The van der Waals surface area contributed by atoms with Crippen LogP contribution >= 0.6 is 0 Å². The molecule has 0 aliphatic rings. The van der Waals surface area contributed by atoms with Crippen LogP contribution in [0.4, 0.5) is 10.5 Å². The second-order valence-corrected chi connectivity index (χ2v) is 6.96. The first kappa shape index (κ1) is 19.7. The van der Waals surface area contributed by atoms with E-state index in [4.69, 9.17) is 4.74 Å². The molecule has 2 N–H and O–H groups in total. The smallest absolute Gasteiger partial charge is 0.428 e. The summed E-state index contributed by atoms with van der Waals surface area (Å²) >= 11 is 0. The third kappa shape index (κ3) is 7.76. The van der Waals surface area contributed by atoms with E-state index in [2.05, 4.69) is 29.7 Å². The number of carbonyl (C=O) groups is 2. The number of nitrogens with zero attached hydrogens (tertiary/aromatic N) is 1. The Hall–Kier alpha value is -2.37. The van der Waals surface area contributed by atoms with Gasteiger partial charge >= 0.3 is 6.09 Å². The number of carbonyl (C=O) groups excluding carboxylic acids is 2. The lowest BCUT2D eigenvalue weighted by Crippen LogP contribution is -2.30. The van der Waals surface area contributed by atoms with Crippen LogP contribution in [0.2, 0.25) is 0 Å². The van der Waals surface area contributed by atoms with Gasteiger partial charge in [-0.15, -0.1) is 0 Å². The lowest BCUT2D eigenvalue weighted by atomic mass is 10.0. The van der Waals surface area contributed by atoms with E-state index in [9.17, 15) is 9.59 Å². The highest BCUT2D eigenvalue weighted by atomic mass is 16.6. The molecular formula is C18H27N3O3. The minimum Gasteiger partial charge on any atom is -0.443 e. The SMILES string of the molecule is C/C(CC(=O)Nc1ccc(C(C)C)cc1)=N/NC(=O)OC(C)(C)C. The summed E-state index contributed by atoms with van der Waals surface area (Å²) in [5, 5.41) is 6.66. The average molecular weight is 333 g/mol. The fourth-order valence-electron chi connectivity index (χ4n) is 1.87. The molecule has 0 aliphatic heterocycles. The molecule has 0 heterocycles. The Morgan fingerprint density at radius 2 is 1.75 bits per heavy atom. The van der Waals surface area contributed by atoms with Crippen molar-refractivity contribution >= 4 is 23.4 Å². The van der Waals surface area contributed by atoms with Crippen molar-refractivity contribution in [1.29, 1.82) is 0 Å². The fraction of sp³-hybridized carbons (Fsp3) is 0.500. The van der Waals surface area contributed by atoms with Gasteiger partial charge in [0.05, 0.1) is 6.42 Å². The number of amides is 2. The third-order valence-corrected chi connectivity index (χ3v) is 3.01. The minimum atomic E-state index is -0.647. The summed E-state index contributed by atoms with van der Waals surface area (Å²) in [6, 6.07) is 7.73. The molecule has 0 aromatic heterocycles. The molecule has 0 aliphatic carbocycles. The number of nitrogens with one attached hydrogen (secondary N) is 2. The van der Waals surface area contributed by atoms with Crippen molar-refractivity contribution < 1.29 is 14.3 Å². The molecular weight excluding hydrogens is 306 g/mol. The molecule has 0 spiro atoms. The Morgan fingerprint density at radius 3 is 2.25 bits per heavy atom. The lowest BCUT2D eigenvalue weighted by Gasteiger charge is -2.18. The standard InChI is InChI=1S/C18H27N3O3/c1-12(2)14-7-9-15(10-8-14)19-16(22)11-13(3)20-21-17(23)24-18(4,5)6/h7-10,12H,11H2,1-6H3,(H,19,22)(H,21,23)/b20-13-. The number of hydrazone groups is 1. The molecule has 0 unspecified atom stereocenters. The molecule has 0 radical (unpaired) electrons. The Balaban J connectivity index is 2.48. The quantitative estimate of drug-likeness (QED) is 0.630. The van der Waals surface area contributed by atoms with Gasteiger partial charge in [0, 0.05) is 11.4 Å². The van der Waals surface area contributed by atoms with Crippen LogP contribution < -0.4 is 10.7 Å². The molecule has 0 fully saturated rings. The minimum absolute atomic E-state index is 0.0850. The molecule has 1 aromatic carbocycles. The van der Waals surface area contributed by atoms with Crippen LogP contribution in [0, 0.1) is 0 Å². The largest absolute Gasteiger partial charge is 0.443 e. The Bertz CT molecular complexity index is 599. The summed E-state index contributed by atoms with van der Waals surface area (Å²) in [6.45, 7) is 11.2. The van der Waals surface area contributed by atoms with Crippen molar-refractivity contribution in [1.82, 2.24) is 5.43 Å². The van der Waals surface area contributed by atoms with Crippen LogP contribution in [0.5, 0.6) is 0 Å². The summed E-state index contributed by atoms with van der Waals surface area (Å²) in [6.07, 6.45) is -0.562. The number of anilines is 1. The Morgan fingerprint density at radius 1 is 1.17 bits per heavy atom. The lowest BCUT2D eigenvalue weighted by molar-refractivity contribution is -0.115. The summed E-state index contributed by atoms with van der Waals surface area (Å²) in [5.41, 5.74) is 4.12. The molecule has 24 heavy (non-hydrogen) atoms. The second-order valence-electron chi connectivity index (χ2n) is 6.96. The van der Waals surface area contributed by atoms with Gasteiger partial charge < -0.3 is 10.1 Å². The highest BCUT2D eigenvalue weighted by molar-refractivity contribution is 6.05. The molecule has 0 atom stereocenters. The van der Waals surface area contributed by atoms with E-state index in [1.165, 1.54) is 5.56 Å². The van der Waals surface area contributed by atoms with Crippen molar-refractivity contribution in [2.45, 2.75) is 59.5 Å². The zero-order valence-electron chi connectivity index (χ0n) is 15.3. The van der Waals surface area contributed by atoms with Gasteiger partial charge in [-0.1, -0.05) is 26.0 Å². The van der Waals surface area contributed by atoms with E-state index in [0.717, 1.165) is 5.69 Å². The topological polar surface area (TPSA) is 79.8 Å². The summed E-state index contributed by atoms with van der Waals surface area (Å²) in [7, 11) is 0. The maximum absolute atomic E-state index is 12.0. The molecule has 132 valence electrons. The molecule has 1 rings (SSSR count). The maximum Gasteiger partial charge on any atom is 0.428 e. The van der Waals surface area contributed by atoms with E-state index in [1.807, 2.05) is 24.3 Å². The van der Waals surface area contributed by atoms with Crippen molar-refractivity contribution in [3.05, 3.63) is 29.8 Å². The maximum atomic E-state index is 12.0. The zero-order valence-corrected chi connectivity index (χ0v) is 15.3. The van der Waals surface area contributed by atoms with Crippen LogP contribution in [0.25, 0.3) is 0 Å². The van der Waals surface area contributed by atoms with E-state index in [-0.39, 0.29) is 12.3 Å². The van der Waals surface area contributed by atoms with Gasteiger partial charge in [0.25, 0.3) is 0 Å². The number of rotatable bonds is 5. The third-order valence-electron chi connectivity index (χ3n) is 3.01. The van der Waals surface area contributed by atoms with E-state index in [1.54, 1.807) is 27.7 Å². The average Bonchev–Trinajstić information content (AvgIpc) is 2.43. The van der Waals surface area contributed by atoms with Gasteiger partial charge in [0.1, 0.15) is 5.60 Å². The zero-order chi connectivity index (χ0) is 18.3. The Kier molecular flexibility index (Phi) is 6.95. The number of benzene rings is 1. The van der Waals surface area contributed by atoms with Gasteiger partial charge in [-0.05, 0) is 51.3 Å². The van der Waals surface area contributed by atoms with Gasteiger partial charge in [-0.2, -0.15) is 5.10 Å². The summed E-state index contributed by atoms with van der Waals surface area (Å²) in [4.78, 5) is 23.5. The number of hydrogen-bond acceptors (Lipinski definition) is 4. The van der Waals surface area contributed by atoms with Gasteiger partial charge in [-0.3, -0.25) is 4.79 Å². The Labute approximate surface area is 143 Å². The predicted octanol–water partition coefficient (Wildman–Crippen LogP) is 4.04. The van der Waals surface area contributed by atoms with Crippen LogP contribution in [-0.4, -0.2) is 23.3 Å². The first-order valence-electron chi connectivity index (χ1n) is 7.99. The van der Waals surface area contributed by atoms with Crippen LogP contribution in [0.3, 0.4) is 0 Å². The first-order chi connectivity index (χ1) is 11.1. The first-order valence-corrected chi connectivity index (χ1v) is 7.99. The van der Waals surface area contributed by atoms with Crippen LogP contribution in [0.1, 0.15) is 59.4 Å². The summed E-state index contributed by atoms with van der Waals surface area (Å²) in [5.74, 6) is 0.252. The molecule has 0 bridgehead atoms. The highest BCUT2D eigenvalue weighted by Crippen LogP contribution is 2.17. The number of hydrogen-bond donors (Lipinski definition) is 2. The van der Waals surface area contributed by atoms with E-state index < -0.39 is 11.7 Å². The highest BCUT2D eigenvalue weighted by Gasteiger charge is 2.15. The normalized spacial score (nSPS) is 12.0. The predicted molar refractivity (Wildman–Crippen MR) is 96.3 cm³/mol. The monoisotopic (exact) mass is 333 g/mol. The van der Waals surface area contributed by atoms with Gasteiger partial charge in [-0.25, -0.2) is 10.2 Å². The van der Waals surface area contributed by atoms with Crippen molar-refractivity contribution in [2.24, 2.45) is 5.10 Å². The molecule has 6 nitrogen and oxygen atoms in total. The van der Waals surface area contributed by atoms with Crippen molar-refractivity contribution in [2.75, 3.05) is 5.32 Å². The van der Waals surface area contributed by atoms with Crippen molar-refractivity contribution in [3.63, 3.8) is 0 Å². The molecule has 0 saturated heterocycles. The number of ether oxygens (including phenoxy) is 1. The van der Waals surface area contributed by atoms with Gasteiger partial charge in [0.15, 0.2) is 0 Å². The second kappa shape index (κ2) is 8.47. The summed E-state index contributed by atoms with van der Waals surface area (Å²) < 4.78 is 5.06. The fourth-order valence-corrected chi connectivity index (χ4v) is 1.87. The van der Waals surface area contributed by atoms with Gasteiger partial charge in [0.2, 0.25) is 5.91 Å². The van der Waals surface area contributed by atoms with Crippen LogP contribution in [0.15, 0.2) is 29.4 Å².